The molecule has 0 amide bonds. The summed E-state index contributed by atoms with van der Waals surface area (Å²) in [6, 6.07) is 0. The third kappa shape index (κ3) is 15.0. The van der Waals surface area contributed by atoms with Crippen molar-refractivity contribution in [3.8, 4) is 0 Å². The number of aromatic nitrogens is 8. The van der Waals surface area contributed by atoms with Crippen LogP contribution < -0.4 is 11.1 Å². The van der Waals surface area contributed by atoms with E-state index in [1.165, 1.54) is 0 Å². The van der Waals surface area contributed by atoms with Crippen LogP contribution in [0.5, 0.6) is 0 Å². The quantitative estimate of drug-likeness (QED) is 0.141. The van der Waals surface area contributed by atoms with Gasteiger partial charge in [0, 0.05) is 0 Å². The maximum absolute atomic E-state index is 10.6. The minimum atomic E-state index is -3.69. The molecule has 33 heavy (non-hydrogen) atoms. The van der Waals surface area contributed by atoms with Gasteiger partial charge >= 0.3 is 75.9 Å². The number of hydrogen-bond donors (Lipinski definition) is 2. The van der Waals surface area contributed by atoms with Crippen LogP contribution in [0, 0.1) is 0 Å². The number of hydrogen-bond acceptors (Lipinski definition) is 11. The summed E-state index contributed by atoms with van der Waals surface area (Å²) >= 11 is 49.8. The summed E-state index contributed by atoms with van der Waals surface area (Å²) in [5.41, 5.74) is -0.774. The van der Waals surface area contributed by atoms with Gasteiger partial charge in [0.2, 0.25) is 22.6 Å². The third-order valence-corrected chi connectivity index (χ3v) is 2.82. The first kappa shape index (κ1) is 31.2. The van der Waals surface area contributed by atoms with Gasteiger partial charge in [-0.05, 0) is 54.3 Å². The fraction of sp³-hybridized carbons (Fsp3) is 0. The van der Waals surface area contributed by atoms with Crippen LogP contribution in [-0.4, -0.2) is 40.6 Å². The van der Waals surface area contributed by atoms with Crippen LogP contribution in [0.15, 0.2) is 18.8 Å². The second-order valence-corrected chi connectivity index (χ2v) is 28.6. The molecule has 0 aliphatic heterocycles. The van der Waals surface area contributed by atoms with Crippen LogP contribution >= 0.6 is 122 Å². The Morgan fingerprint density at radius 3 is 1.27 bits per heavy atom. The zero-order valence-electron chi connectivity index (χ0n) is 14.4. The Labute approximate surface area is 228 Å². The zero-order valence-corrected chi connectivity index (χ0v) is 23.7. The van der Waals surface area contributed by atoms with Gasteiger partial charge in [-0.15, -0.1) is 0 Å². The summed E-state index contributed by atoms with van der Waals surface area (Å²) in [6.45, 7) is 0. The summed E-state index contributed by atoms with van der Waals surface area (Å²) in [5.74, 6) is 0. The average molecular weight is 707 g/mol. The Kier molecular flexibility index (Phi) is 11.7. The van der Waals surface area contributed by atoms with Crippen LogP contribution in [0.25, 0.3) is 22.6 Å². The number of aromatic amines is 2. The number of rotatable bonds is 0. The Morgan fingerprint density at radius 2 is 0.970 bits per heavy atom. The van der Waals surface area contributed by atoms with Gasteiger partial charge < -0.3 is 0 Å². The van der Waals surface area contributed by atoms with Gasteiger partial charge in [-0.3, -0.25) is 24.1 Å². The molecule has 0 atom stereocenters. The minimum Gasteiger partial charge on any atom is -0.296 e. The van der Waals surface area contributed by atoms with Gasteiger partial charge in [0.05, 0.1) is 0 Å². The largest absolute Gasteiger partial charge is 0.339 e. The molecule has 0 fully saturated rings. The first-order valence-corrected chi connectivity index (χ1v) is 18.8. The van der Waals surface area contributed by atoms with Crippen LogP contribution in [-0.2, 0) is 4.57 Å². The van der Waals surface area contributed by atoms with E-state index < -0.39 is 19.7 Å². The van der Waals surface area contributed by atoms with Crippen molar-refractivity contribution in [2.75, 3.05) is 0 Å². The van der Waals surface area contributed by atoms with Crippen molar-refractivity contribution >= 4 is 144 Å². The van der Waals surface area contributed by atoms with Crippen molar-refractivity contribution in [2.24, 2.45) is 0 Å². The van der Waals surface area contributed by atoms with Gasteiger partial charge in [0.15, 0.2) is 10.3 Å². The Balaban J connectivity index is 0.000000234. The Hall–Kier alpha value is 0.120. The van der Waals surface area contributed by atoms with E-state index in [2.05, 4.69) is 83.5 Å². The number of nitrogens with one attached hydrogen (secondary N) is 2. The molecule has 2 N–H and O–H groups in total. The van der Waals surface area contributed by atoms with Gasteiger partial charge in [0.25, 0.3) is 0 Å². The van der Waals surface area contributed by atoms with Crippen molar-refractivity contribution in [2.45, 2.75) is 0 Å². The van der Waals surface area contributed by atoms with E-state index in [0.717, 1.165) is 0 Å². The molecule has 0 saturated heterocycles. The Morgan fingerprint density at radius 1 is 0.697 bits per heavy atom. The average Bonchev–Trinajstić information content (AvgIpc) is 3.21. The topological polar surface area (TPSA) is 186 Å². The minimum absolute atomic E-state index is 0.0925. The monoisotopic (exact) mass is 702 g/mol. The molecule has 25 heteroatoms. The van der Waals surface area contributed by atoms with Crippen LogP contribution in [0.3, 0.4) is 0 Å². The van der Waals surface area contributed by atoms with Crippen molar-refractivity contribution in [1.29, 1.82) is 0 Å². The van der Waals surface area contributed by atoms with E-state index in [9.17, 15) is 14.2 Å². The van der Waals surface area contributed by atoms with Crippen LogP contribution in [0.2, 0.25) is 10.3 Å². The number of nitrogens with zero attached hydrogens (tertiary/aromatic N) is 6. The molecule has 0 spiro atoms. The first-order valence-electron chi connectivity index (χ1n) is 6.84. The van der Waals surface area contributed by atoms with E-state index in [1.807, 2.05) is 0 Å². The molecule has 0 aliphatic carbocycles. The zero-order chi connectivity index (χ0) is 25.6. The van der Waals surface area contributed by atoms with E-state index in [0.29, 0.717) is 0 Å². The molecular weight excluding hydrogens is 705 g/mol. The van der Waals surface area contributed by atoms with Crippen molar-refractivity contribution < 1.29 is 13.8 Å². The molecule has 4 aromatic heterocycles. The maximum Gasteiger partial charge on any atom is 0.339 e. The molecule has 4 heterocycles. The van der Waals surface area contributed by atoms with E-state index in [4.69, 9.17) is 79.4 Å². The predicted molar refractivity (Wildman–Crippen MR) is 132 cm³/mol. The molecule has 0 aromatic carbocycles. The van der Waals surface area contributed by atoms with Crippen molar-refractivity contribution in [3.63, 3.8) is 0 Å². The molecule has 0 aliphatic rings. The standard InChI is InChI=1S/C4Cl2N4O.C4H2N4O3.Cl5P.Cl3OP/c5-1-2(6)8-4-3(7-1)9-11-10-4;9-3-4(10)6-2-1(5-3)7-11-8-2;1-6(2,3,4)5;1-5(2,3)4/h;(H,5,7,9)(H,6,8,10);;. The van der Waals surface area contributed by atoms with Crippen molar-refractivity contribution in [1.82, 2.24) is 40.6 Å². The Bertz CT molecular complexity index is 1280. The second kappa shape index (κ2) is 12.4. The summed E-state index contributed by atoms with van der Waals surface area (Å²) in [7, 11) is 0. The number of halogens is 10. The van der Waals surface area contributed by atoms with Gasteiger partial charge in [-0.1, -0.05) is 23.2 Å². The second-order valence-electron chi connectivity index (χ2n) is 4.62. The van der Waals surface area contributed by atoms with Gasteiger partial charge in [0.1, 0.15) is 0 Å². The van der Waals surface area contributed by atoms with Gasteiger partial charge in [-0.25, -0.2) is 19.2 Å². The SMILES string of the molecule is ClP(Cl)(Cl)(Cl)Cl.Clc1nc2nonc2nc1Cl.O=P(Cl)(Cl)Cl.O=c1[nH]c2nonc2[nH]c1=O. The fourth-order valence-electron chi connectivity index (χ4n) is 1.28. The molecular formula is C8H2Cl10N8O5P2. The molecule has 4 aromatic rings. The summed E-state index contributed by atoms with van der Waals surface area (Å²) in [5, 5.41) is 10.4. The number of fused-ring (bicyclic) bond motifs is 2. The summed E-state index contributed by atoms with van der Waals surface area (Å²) in [4.78, 5) is 33.1. The predicted octanol–water partition coefficient (Wildman–Crippen LogP) is 7.04. The molecule has 4 rings (SSSR count). The molecule has 0 saturated carbocycles. The molecule has 184 valence electrons. The van der Waals surface area contributed by atoms with E-state index >= 15 is 0 Å². The van der Waals surface area contributed by atoms with Gasteiger partial charge in [-0.2, -0.15) is 0 Å². The third-order valence-electron chi connectivity index (χ3n) is 2.19. The maximum atomic E-state index is 10.6. The molecule has 0 bridgehead atoms. The fourth-order valence-corrected chi connectivity index (χ4v) is 1.52. The molecule has 0 unspecified atom stereocenters. The normalized spacial score (nSPS) is 12.4. The van der Waals surface area contributed by atoms with Crippen LogP contribution in [0.4, 0.5) is 0 Å². The van der Waals surface area contributed by atoms with E-state index in [1.54, 1.807) is 0 Å². The molecule has 0 radical (unpaired) electrons. The summed E-state index contributed by atoms with van der Waals surface area (Å²) in [6.07, 6.45) is 0. The molecule has 13 nitrogen and oxygen atoms in total. The van der Waals surface area contributed by atoms with Crippen molar-refractivity contribution in [3.05, 3.63) is 31.0 Å². The summed E-state index contributed by atoms with van der Waals surface area (Å²) < 4.78 is 14.4. The van der Waals surface area contributed by atoms with E-state index in [-0.39, 0.29) is 32.9 Å². The van der Waals surface area contributed by atoms with Crippen LogP contribution in [0.1, 0.15) is 0 Å². The number of H-pyrrole nitrogens is 2. The first-order chi connectivity index (χ1) is 14.8. The smallest absolute Gasteiger partial charge is 0.296 e.